The van der Waals surface area contributed by atoms with Crippen molar-refractivity contribution in [3.8, 4) is 0 Å². The van der Waals surface area contributed by atoms with Gasteiger partial charge in [-0.2, -0.15) is 0 Å². The molecule has 4 nitrogen and oxygen atoms in total. The second kappa shape index (κ2) is 7.65. The predicted octanol–water partition coefficient (Wildman–Crippen LogP) is 1.61. The maximum absolute atomic E-state index is 5.45. The van der Waals surface area contributed by atoms with Crippen LogP contribution in [0.4, 0.5) is 0 Å². The van der Waals surface area contributed by atoms with Crippen molar-refractivity contribution < 1.29 is 4.74 Å². The summed E-state index contributed by atoms with van der Waals surface area (Å²) in [6, 6.07) is 0.493. The van der Waals surface area contributed by atoms with Gasteiger partial charge in [-0.25, -0.2) is 5.84 Å². The second-order valence-electron chi connectivity index (χ2n) is 4.11. The summed E-state index contributed by atoms with van der Waals surface area (Å²) in [5, 5.41) is 0. The first-order valence-electron chi connectivity index (χ1n) is 5.89. The molecule has 1 aliphatic rings. The highest BCUT2D eigenvalue weighted by Gasteiger charge is 2.12. The highest BCUT2D eigenvalue weighted by molar-refractivity contribution is 5.81. The van der Waals surface area contributed by atoms with Crippen LogP contribution >= 0.6 is 0 Å². The minimum Gasteiger partial charge on any atom is -0.385 e. The number of aliphatic imine (C=N–C) groups is 1. The monoisotopic (exact) mass is 213 g/mol. The van der Waals surface area contributed by atoms with Crippen molar-refractivity contribution in [1.29, 1.82) is 0 Å². The van der Waals surface area contributed by atoms with Gasteiger partial charge >= 0.3 is 0 Å². The van der Waals surface area contributed by atoms with Crippen LogP contribution in [0.3, 0.4) is 0 Å². The van der Waals surface area contributed by atoms with E-state index in [0.717, 1.165) is 25.3 Å². The minimum atomic E-state index is 0.493. The van der Waals surface area contributed by atoms with E-state index >= 15 is 0 Å². The van der Waals surface area contributed by atoms with Gasteiger partial charge in [0.15, 0.2) is 0 Å². The minimum absolute atomic E-state index is 0.493. The molecule has 0 atom stereocenters. The maximum atomic E-state index is 5.45. The molecule has 0 spiro atoms. The Kier molecular flexibility index (Phi) is 6.36. The van der Waals surface area contributed by atoms with Crippen LogP contribution in [0, 0.1) is 0 Å². The van der Waals surface area contributed by atoms with Crippen LogP contribution in [-0.2, 0) is 4.74 Å². The van der Waals surface area contributed by atoms with Crippen molar-refractivity contribution in [3.05, 3.63) is 0 Å². The van der Waals surface area contributed by atoms with Crippen molar-refractivity contribution >= 4 is 5.84 Å². The molecule has 3 N–H and O–H groups in total. The van der Waals surface area contributed by atoms with Crippen LogP contribution in [0.5, 0.6) is 0 Å². The van der Waals surface area contributed by atoms with E-state index in [2.05, 4.69) is 10.4 Å². The van der Waals surface area contributed by atoms with Crippen LogP contribution in [0.25, 0.3) is 0 Å². The Morgan fingerprint density at radius 3 is 2.73 bits per heavy atom. The quantitative estimate of drug-likeness (QED) is 0.240. The summed E-state index contributed by atoms with van der Waals surface area (Å²) in [6.45, 7) is 0.769. The molecular formula is C11H23N3O. The smallest absolute Gasteiger partial charge is 0.111 e. The Morgan fingerprint density at radius 2 is 2.13 bits per heavy atom. The molecule has 0 aliphatic heterocycles. The zero-order chi connectivity index (χ0) is 10.9. The second-order valence-corrected chi connectivity index (χ2v) is 4.11. The lowest BCUT2D eigenvalue weighted by molar-refractivity contribution is 0.196. The molecule has 0 radical (unpaired) electrons. The molecular weight excluding hydrogens is 190 g/mol. The Labute approximate surface area is 92.3 Å². The number of amidine groups is 1. The molecule has 1 rings (SSSR count). The van der Waals surface area contributed by atoms with Gasteiger partial charge in [0.1, 0.15) is 5.84 Å². The zero-order valence-corrected chi connectivity index (χ0v) is 9.67. The van der Waals surface area contributed by atoms with E-state index in [1.54, 1.807) is 7.11 Å². The molecule has 1 fully saturated rings. The van der Waals surface area contributed by atoms with Crippen LogP contribution < -0.4 is 11.3 Å². The Morgan fingerprint density at radius 1 is 1.40 bits per heavy atom. The highest BCUT2D eigenvalue weighted by Crippen LogP contribution is 2.20. The fourth-order valence-corrected chi connectivity index (χ4v) is 1.99. The van der Waals surface area contributed by atoms with Gasteiger partial charge in [-0.05, 0) is 19.3 Å². The van der Waals surface area contributed by atoms with Crippen molar-refractivity contribution in [2.45, 2.75) is 51.0 Å². The van der Waals surface area contributed by atoms with E-state index < -0.39 is 0 Å². The molecule has 0 saturated heterocycles. The number of hydrogen-bond donors (Lipinski definition) is 2. The van der Waals surface area contributed by atoms with E-state index in [1.807, 2.05) is 0 Å². The largest absolute Gasteiger partial charge is 0.385 e. The van der Waals surface area contributed by atoms with Gasteiger partial charge in [0, 0.05) is 20.1 Å². The number of hydrazine groups is 1. The summed E-state index contributed by atoms with van der Waals surface area (Å²) in [5.74, 6) is 6.38. The first-order valence-corrected chi connectivity index (χ1v) is 5.89. The summed E-state index contributed by atoms with van der Waals surface area (Å²) in [6.07, 6.45) is 8.28. The number of hydrogen-bond acceptors (Lipinski definition) is 3. The summed E-state index contributed by atoms with van der Waals surface area (Å²) in [5.41, 5.74) is 2.70. The third-order valence-corrected chi connectivity index (χ3v) is 2.84. The van der Waals surface area contributed by atoms with E-state index in [0.29, 0.717) is 6.04 Å². The van der Waals surface area contributed by atoms with Crippen molar-refractivity contribution in [3.63, 3.8) is 0 Å². The first kappa shape index (κ1) is 12.5. The lowest BCUT2D eigenvalue weighted by Gasteiger charge is -2.19. The maximum Gasteiger partial charge on any atom is 0.111 e. The van der Waals surface area contributed by atoms with Gasteiger partial charge < -0.3 is 10.2 Å². The van der Waals surface area contributed by atoms with Crippen molar-refractivity contribution in [2.75, 3.05) is 13.7 Å². The lowest BCUT2D eigenvalue weighted by Crippen LogP contribution is -2.32. The molecule has 0 aromatic heterocycles. The van der Waals surface area contributed by atoms with Crippen molar-refractivity contribution in [1.82, 2.24) is 5.43 Å². The SMILES string of the molecule is COCCCC(=NC1CCCCC1)NN. The van der Waals surface area contributed by atoms with Gasteiger partial charge in [0.25, 0.3) is 0 Å². The lowest BCUT2D eigenvalue weighted by atomic mass is 9.96. The van der Waals surface area contributed by atoms with Gasteiger partial charge in [-0.3, -0.25) is 4.99 Å². The normalized spacial score (nSPS) is 19.2. The molecule has 0 unspecified atom stereocenters. The fraction of sp³-hybridized carbons (Fsp3) is 0.909. The third-order valence-electron chi connectivity index (χ3n) is 2.84. The molecule has 4 heteroatoms. The number of nitrogens with two attached hydrogens (primary N) is 1. The van der Waals surface area contributed by atoms with Crippen molar-refractivity contribution in [2.24, 2.45) is 10.8 Å². The predicted molar refractivity (Wildman–Crippen MR) is 62.7 cm³/mol. The molecule has 1 aliphatic carbocycles. The first-order chi connectivity index (χ1) is 7.36. The number of nitrogens with one attached hydrogen (secondary N) is 1. The van der Waals surface area contributed by atoms with Gasteiger partial charge in [-0.1, -0.05) is 19.3 Å². The van der Waals surface area contributed by atoms with E-state index in [9.17, 15) is 0 Å². The van der Waals surface area contributed by atoms with E-state index in [-0.39, 0.29) is 0 Å². The number of rotatable bonds is 5. The summed E-state index contributed by atoms with van der Waals surface area (Å²) < 4.78 is 5.00. The summed E-state index contributed by atoms with van der Waals surface area (Å²) >= 11 is 0. The number of ether oxygens (including phenoxy) is 1. The van der Waals surface area contributed by atoms with E-state index in [4.69, 9.17) is 10.6 Å². The zero-order valence-electron chi connectivity index (χ0n) is 9.67. The summed E-state index contributed by atoms with van der Waals surface area (Å²) in [4.78, 5) is 4.65. The molecule has 0 aromatic carbocycles. The fourth-order valence-electron chi connectivity index (χ4n) is 1.99. The van der Waals surface area contributed by atoms with Crippen LogP contribution in [-0.4, -0.2) is 25.6 Å². The van der Waals surface area contributed by atoms with Gasteiger partial charge in [-0.15, -0.1) is 0 Å². The average Bonchev–Trinajstić information content (AvgIpc) is 2.29. The van der Waals surface area contributed by atoms with Gasteiger partial charge in [0.2, 0.25) is 0 Å². The molecule has 0 bridgehead atoms. The number of methoxy groups -OCH3 is 1. The van der Waals surface area contributed by atoms with Crippen LogP contribution in [0.2, 0.25) is 0 Å². The Bertz CT molecular complexity index is 188. The molecule has 0 aromatic rings. The Balaban J connectivity index is 2.30. The molecule has 15 heavy (non-hydrogen) atoms. The topological polar surface area (TPSA) is 59.6 Å². The van der Waals surface area contributed by atoms with Crippen LogP contribution in [0.1, 0.15) is 44.9 Å². The standard InChI is InChI=1S/C11H23N3O/c1-15-9-5-8-11(14-12)13-10-6-3-2-4-7-10/h10H,2-9,12H2,1H3,(H,13,14). The average molecular weight is 213 g/mol. The molecule has 0 amide bonds. The van der Waals surface area contributed by atoms with Gasteiger partial charge in [0.05, 0.1) is 6.04 Å². The molecule has 1 saturated carbocycles. The highest BCUT2D eigenvalue weighted by atomic mass is 16.5. The number of nitrogens with zero attached hydrogens (tertiary/aromatic N) is 1. The van der Waals surface area contributed by atoms with E-state index in [1.165, 1.54) is 32.1 Å². The third kappa shape index (κ3) is 5.14. The van der Waals surface area contributed by atoms with Crippen LogP contribution in [0.15, 0.2) is 4.99 Å². The summed E-state index contributed by atoms with van der Waals surface area (Å²) in [7, 11) is 1.72. The molecule has 0 heterocycles. The molecule has 88 valence electrons. The Hall–Kier alpha value is -0.610.